The number of benzene rings is 2. The van der Waals surface area contributed by atoms with Crippen LogP contribution in [-0.4, -0.2) is 29.4 Å². The first kappa shape index (κ1) is 17.0. The smallest absolute Gasteiger partial charge is 0.319 e. The summed E-state index contributed by atoms with van der Waals surface area (Å²) in [5.74, 6) is -0.460. The quantitative estimate of drug-likeness (QED) is 0.898. The summed E-state index contributed by atoms with van der Waals surface area (Å²) in [6.07, 6.45) is 0.571. The highest BCUT2D eigenvalue weighted by Crippen LogP contribution is 2.16. The summed E-state index contributed by atoms with van der Waals surface area (Å²) < 4.78 is 12.9. The van der Waals surface area contributed by atoms with Gasteiger partial charge in [-0.05, 0) is 43.2 Å². The summed E-state index contributed by atoms with van der Waals surface area (Å²) in [5.41, 5.74) is 2.71. The molecule has 0 radical (unpaired) electrons. The second kappa shape index (κ2) is 7.34. The molecule has 1 fully saturated rings. The molecule has 2 N–H and O–H groups in total. The molecule has 1 aliphatic heterocycles. The maximum absolute atomic E-state index is 12.9. The van der Waals surface area contributed by atoms with Gasteiger partial charge in [0.05, 0.1) is 0 Å². The Balaban J connectivity index is 1.53. The number of carbonyl (C=O) groups is 2. The highest BCUT2D eigenvalue weighted by molar-refractivity contribution is 5.94. The molecule has 130 valence electrons. The Morgan fingerprint density at radius 3 is 2.52 bits per heavy atom. The first-order valence-corrected chi connectivity index (χ1v) is 8.19. The number of aryl methyl sites for hydroxylation is 1. The predicted octanol–water partition coefficient (Wildman–Crippen LogP) is 3.06. The zero-order valence-corrected chi connectivity index (χ0v) is 14.0. The van der Waals surface area contributed by atoms with Gasteiger partial charge in [0.15, 0.2) is 0 Å². The van der Waals surface area contributed by atoms with Gasteiger partial charge >= 0.3 is 6.03 Å². The molecule has 0 unspecified atom stereocenters. The van der Waals surface area contributed by atoms with E-state index in [0.717, 1.165) is 5.56 Å². The lowest BCUT2D eigenvalue weighted by Gasteiger charge is -2.17. The number of anilines is 1. The third-order valence-electron chi connectivity index (χ3n) is 4.20. The molecule has 3 amide bonds. The number of hydrogen-bond donors (Lipinski definition) is 2. The van der Waals surface area contributed by atoms with Crippen molar-refractivity contribution < 1.29 is 14.0 Å². The maximum Gasteiger partial charge on any atom is 0.319 e. The topological polar surface area (TPSA) is 61.4 Å². The molecule has 6 heteroatoms. The molecule has 1 atom stereocenters. The van der Waals surface area contributed by atoms with Crippen LogP contribution in [0.4, 0.5) is 14.9 Å². The first-order valence-electron chi connectivity index (χ1n) is 8.19. The number of hydrogen-bond acceptors (Lipinski definition) is 2. The van der Waals surface area contributed by atoms with E-state index in [0.29, 0.717) is 25.2 Å². The van der Waals surface area contributed by atoms with Gasteiger partial charge in [-0.2, -0.15) is 0 Å². The van der Waals surface area contributed by atoms with Crippen molar-refractivity contribution >= 4 is 17.6 Å². The number of carbonyl (C=O) groups excluding carboxylic acids is 2. The van der Waals surface area contributed by atoms with Gasteiger partial charge in [-0.15, -0.1) is 0 Å². The molecule has 2 aromatic carbocycles. The molecule has 1 heterocycles. The average molecular weight is 341 g/mol. The minimum absolute atomic E-state index is 0.0881. The molecule has 0 spiro atoms. The summed E-state index contributed by atoms with van der Waals surface area (Å²) in [7, 11) is 0. The van der Waals surface area contributed by atoms with Gasteiger partial charge in [0.1, 0.15) is 11.9 Å². The number of amides is 3. The van der Waals surface area contributed by atoms with Crippen molar-refractivity contribution in [1.29, 1.82) is 0 Å². The van der Waals surface area contributed by atoms with Crippen LogP contribution in [0.5, 0.6) is 0 Å². The Kier molecular flexibility index (Phi) is 4.97. The normalized spacial score (nSPS) is 16.8. The maximum atomic E-state index is 12.9. The van der Waals surface area contributed by atoms with Crippen LogP contribution in [0.15, 0.2) is 48.5 Å². The van der Waals surface area contributed by atoms with Gasteiger partial charge in [0.2, 0.25) is 5.91 Å². The van der Waals surface area contributed by atoms with Crippen LogP contribution in [0.25, 0.3) is 0 Å². The molecule has 0 saturated carbocycles. The largest absolute Gasteiger partial charge is 0.336 e. The van der Waals surface area contributed by atoms with Gasteiger partial charge < -0.3 is 15.5 Å². The van der Waals surface area contributed by atoms with Crippen LogP contribution in [0, 0.1) is 12.7 Å². The van der Waals surface area contributed by atoms with Crippen molar-refractivity contribution in [3.05, 3.63) is 65.5 Å². The summed E-state index contributed by atoms with van der Waals surface area (Å²) in [4.78, 5) is 26.2. The lowest BCUT2D eigenvalue weighted by Crippen LogP contribution is -2.43. The van der Waals surface area contributed by atoms with Crippen molar-refractivity contribution in [3.8, 4) is 0 Å². The van der Waals surface area contributed by atoms with Gasteiger partial charge in [-0.1, -0.05) is 29.8 Å². The standard InChI is InChI=1S/C19H20FN3O2/c1-13-2-4-14(5-3-13)12-23-11-10-17(18(23)24)22-19(25)21-16-8-6-15(20)7-9-16/h2-9,17H,10-12H2,1H3,(H2,21,22,25)/t17-/m0/s1. The van der Waals surface area contributed by atoms with Gasteiger partial charge in [0, 0.05) is 18.8 Å². The van der Waals surface area contributed by atoms with Crippen LogP contribution < -0.4 is 10.6 Å². The van der Waals surface area contributed by atoms with E-state index in [2.05, 4.69) is 10.6 Å². The Morgan fingerprint density at radius 2 is 1.84 bits per heavy atom. The van der Waals surface area contributed by atoms with Gasteiger partial charge in [-0.3, -0.25) is 4.79 Å². The minimum atomic E-state index is -0.536. The average Bonchev–Trinajstić information content (AvgIpc) is 2.92. The van der Waals surface area contributed by atoms with E-state index in [9.17, 15) is 14.0 Å². The number of nitrogens with one attached hydrogen (secondary N) is 2. The molecule has 0 bridgehead atoms. The fourth-order valence-electron chi connectivity index (χ4n) is 2.80. The SMILES string of the molecule is Cc1ccc(CN2CC[C@H](NC(=O)Nc3ccc(F)cc3)C2=O)cc1. The fourth-order valence-corrected chi connectivity index (χ4v) is 2.80. The summed E-state index contributed by atoms with van der Waals surface area (Å²) in [5, 5.41) is 5.28. The van der Waals surface area contributed by atoms with E-state index in [-0.39, 0.29) is 11.7 Å². The van der Waals surface area contributed by atoms with Crippen LogP contribution in [0.1, 0.15) is 17.5 Å². The van der Waals surface area contributed by atoms with E-state index >= 15 is 0 Å². The number of rotatable bonds is 4. The Hall–Kier alpha value is -2.89. The monoisotopic (exact) mass is 341 g/mol. The molecule has 0 aliphatic carbocycles. The molecule has 25 heavy (non-hydrogen) atoms. The van der Waals surface area contributed by atoms with Crippen molar-refractivity contribution in [2.75, 3.05) is 11.9 Å². The molecule has 5 nitrogen and oxygen atoms in total. The van der Waals surface area contributed by atoms with Crippen LogP contribution in [0.2, 0.25) is 0 Å². The fraction of sp³-hybridized carbons (Fsp3) is 0.263. The summed E-state index contributed by atoms with van der Waals surface area (Å²) in [6, 6.07) is 12.5. The van der Waals surface area contributed by atoms with E-state index in [1.165, 1.54) is 29.8 Å². The second-order valence-corrected chi connectivity index (χ2v) is 6.19. The number of nitrogens with zero attached hydrogens (tertiary/aromatic N) is 1. The Morgan fingerprint density at radius 1 is 1.16 bits per heavy atom. The molecule has 1 saturated heterocycles. The number of likely N-dealkylation sites (tertiary alicyclic amines) is 1. The van der Waals surface area contributed by atoms with Crippen molar-refractivity contribution in [2.24, 2.45) is 0 Å². The van der Waals surface area contributed by atoms with Crippen molar-refractivity contribution in [3.63, 3.8) is 0 Å². The molecule has 1 aliphatic rings. The Labute approximate surface area is 145 Å². The van der Waals surface area contributed by atoms with Crippen LogP contribution in [-0.2, 0) is 11.3 Å². The lowest BCUT2D eigenvalue weighted by molar-refractivity contribution is -0.129. The molecule has 0 aromatic heterocycles. The van der Waals surface area contributed by atoms with E-state index in [1.807, 2.05) is 31.2 Å². The minimum Gasteiger partial charge on any atom is -0.336 e. The first-order chi connectivity index (χ1) is 12.0. The zero-order valence-electron chi connectivity index (χ0n) is 14.0. The van der Waals surface area contributed by atoms with Crippen molar-refractivity contribution in [1.82, 2.24) is 10.2 Å². The van der Waals surface area contributed by atoms with E-state index in [4.69, 9.17) is 0 Å². The van der Waals surface area contributed by atoms with Crippen molar-refractivity contribution in [2.45, 2.75) is 25.9 Å². The predicted molar refractivity (Wildman–Crippen MR) is 93.6 cm³/mol. The number of halogens is 1. The van der Waals surface area contributed by atoms with Crippen LogP contribution in [0.3, 0.4) is 0 Å². The van der Waals surface area contributed by atoms with Gasteiger partial charge in [-0.25, -0.2) is 9.18 Å². The third kappa shape index (κ3) is 4.35. The number of urea groups is 1. The zero-order chi connectivity index (χ0) is 17.8. The lowest BCUT2D eigenvalue weighted by atomic mass is 10.1. The summed E-state index contributed by atoms with van der Waals surface area (Å²) >= 11 is 0. The third-order valence-corrected chi connectivity index (χ3v) is 4.20. The highest BCUT2D eigenvalue weighted by Gasteiger charge is 2.32. The highest BCUT2D eigenvalue weighted by atomic mass is 19.1. The molecule has 3 rings (SSSR count). The summed E-state index contributed by atoms with van der Waals surface area (Å²) in [6.45, 7) is 3.16. The second-order valence-electron chi connectivity index (χ2n) is 6.19. The molecule has 2 aromatic rings. The van der Waals surface area contributed by atoms with Gasteiger partial charge in [0.25, 0.3) is 0 Å². The molecular weight excluding hydrogens is 321 g/mol. The van der Waals surface area contributed by atoms with E-state index in [1.54, 1.807) is 4.90 Å². The van der Waals surface area contributed by atoms with E-state index < -0.39 is 12.1 Å². The molecular formula is C19H20FN3O2. The van der Waals surface area contributed by atoms with Crippen LogP contribution >= 0.6 is 0 Å². The Bertz CT molecular complexity index is 759.